The van der Waals surface area contributed by atoms with Crippen molar-refractivity contribution in [2.75, 3.05) is 0 Å². The summed E-state index contributed by atoms with van der Waals surface area (Å²) in [6, 6.07) is 0. The van der Waals surface area contributed by atoms with Crippen LogP contribution in [-0.4, -0.2) is 21.7 Å². The zero-order valence-corrected chi connectivity index (χ0v) is 13.2. The summed E-state index contributed by atoms with van der Waals surface area (Å²) in [7, 11) is 0. The minimum atomic E-state index is 0. The standard InChI is InChI=1S/C14H27.ClH.Mg/c1-3-5-7-9-11-13-14-12-10-8-6-4-2;;/h5,7H,1,3-4,6,8-14H2,2H3;1H;/q;;+1/p-1/b7-5-;;. The number of allylic oxidation sites excluding steroid dienone is 2. The van der Waals surface area contributed by atoms with Gasteiger partial charge in [-0.15, -0.1) is 0 Å². The minimum Gasteiger partial charge on any atom is -1.00 e. The van der Waals surface area contributed by atoms with Crippen molar-refractivity contribution in [3.05, 3.63) is 12.2 Å². The van der Waals surface area contributed by atoms with E-state index in [1.54, 1.807) is 0 Å². The van der Waals surface area contributed by atoms with E-state index in [1.165, 1.54) is 68.8 Å². The Labute approximate surface area is 121 Å². The molecule has 0 spiro atoms. The van der Waals surface area contributed by atoms with Gasteiger partial charge in [-0.05, 0) is 0 Å². The molecule has 0 N–H and O–H groups in total. The molecule has 0 aromatic heterocycles. The van der Waals surface area contributed by atoms with Crippen LogP contribution in [0.5, 0.6) is 0 Å². The molecule has 0 rings (SSSR count). The van der Waals surface area contributed by atoms with Crippen molar-refractivity contribution < 1.29 is 12.4 Å². The van der Waals surface area contributed by atoms with Gasteiger partial charge in [0.25, 0.3) is 0 Å². The van der Waals surface area contributed by atoms with E-state index in [4.69, 9.17) is 0 Å². The first-order valence-electron chi connectivity index (χ1n) is 6.86. The Balaban J connectivity index is 0. The quantitative estimate of drug-likeness (QED) is 0.301. The minimum absolute atomic E-state index is 0. The van der Waals surface area contributed by atoms with Crippen molar-refractivity contribution in [3.8, 4) is 0 Å². The van der Waals surface area contributed by atoms with Gasteiger partial charge in [-0.2, -0.15) is 0 Å². The largest absolute Gasteiger partial charge is 1.00 e. The summed E-state index contributed by atoms with van der Waals surface area (Å²) in [5.74, 6) is 0. The van der Waals surface area contributed by atoms with Crippen LogP contribution >= 0.6 is 0 Å². The van der Waals surface area contributed by atoms with Crippen LogP contribution in [-0.2, 0) is 0 Å². The molecule has 0 aliphatic heterocycles. The second-order valence-corrected chi connectivity index (χ2v) is 5.08. The monoisotopic (exact) mass is 254 g/mol. The fourth-order valence-electron chi connectivity index (χ4n) is 1.75. The van der Waals surface area contributed by atoms with Gasteiger partial charge in [0.1, 0.15) is 0 Å². The Morgan fingerprint density at radius 2 is 1.25 bits per heavy atom. The van der Waals surface area contributed by atoms with E-state index in [2.05, 4.69) is 40.8 Å². The molecule has 0 aliphatic carbocycles. The van der Waals surface area contributed by atoms with E-state index in [0.29, 0.717) is 0 Å². The number of hydrogen-bond donors (Lipinski definition) is 0. The molecule has 0 bridgehead atoms. The zero-order chi connectivity index (χ0) is 11.2. The summed E-state index contributed by atoms with van der Waals surface area (Å²) in [6.07, 6.45) is 18.7. The van der Waals surface area contributed by atoms with Gasteiger partial charge >= 0.3 is 96.2 Å². The van der Waals surface area contributed by atoms with Crippen molar-refractivity contribution in [1.29, 1.82) is 0 Å². The number of rotatable bonds is 11. The molecule has 0 heterocycles. The van der Waals surface area contributed by atoms with Gasteiger partial charge in [-0.25, -0.2) is 0 Å². The van der Waals surface area contributed by atoms with Gasteiger partial charge in [0, 0.05) is 0 Å². The number of unbranched alkanes of at least 4 members (excludes halogenated alkanes) is 8. The van der Waals surface area contributed by atoms with Gasteiger partial charge in [-0.1, -0.05) is 13.3 Å². The molecule has 0 aliphatic rings. The molecule has 0 saturated heterocycles. The van der Waals surface area contributed by atoms with Crippen LogP contribution < -0.4 is 12.4 Å². The molecule has 0 amide bonds. The van der Waals surface area contributed by atoms with E-state index in [9.17, 15) is 0 Å². The second kappa shape index (κ2) is 18.2. The molecule has 0 fully saturated rings. The van der Waals surface area contributed by atoms with Crippen LogP contribution in [0, 0.1) is 0 Å². The smallest absolute Gasteiger partial charge is 1.00 e. The second-order valence-electron chi connectivity index (χ2n) is 4.38. The first kappa shape index (κ1) is 19.1. The Morgan fingerprint density at radius 3 is 1.81 bits per heavy atom. The number of hydrogen-bond acceptors (Lipinski definition) is 0. The SMILES string of the molecule is CCCCCCCCCC/C=C\C[CH2][Mg+].[Cl-]. The van der Waals surface area contributed by atoms with Crippen LogP contribution in [0.25, 0.3) is 0 Å². The van der Waals surface area contributed by atoms with E-state index < -0.39 is 0 Å². The third kappa shape index (κ3) is 17.2. The van der Waals surface area contributed by atoms with Crippen LogP contribution in [0.3, 0.4) is 0 Å². The summed E-state index contributed by atoms with van der Waals surface area (Å²) >= 11 is 2.06. The molecular weight excluding hydrogens is 228 g/mol. The van der Waals surface area contributed by atoms with Crippen molar-refractivity contribution in [3.63, 3.8) is 0 Å². The Bertz CT molecular complexity index is 135. The molecule has 0 nitrogen and oxygen atoms in total. The van der Waals surface area contributed by atoms with Crippen LogP contribution in [0.2, 0.25) is 4.55 Å². The van der Waals surface area contributed by atoms with Gasteiger partial charge in [0.05, 0.1) is 0 Å². The number of halogens is 1. The summed E-state index contributed by atoms with van der Waals surface area (Å²) in [6.45, 7) is 2.28. The van der Waals surface area contributed by atoms with Crippen molar-refractivity contribution in [2.24, 2.45) is 0 Å². The van der Waals surface area contributed by atoms with Gasteiger partial charge in [-0.3, -0.25) is 0 Å². The fourth-order valence-corrected chi connectivity index (χ4v) is 1.99. The predicted octanol–water partition coefficient (Wildman–Crippen LogP) is 2.05. The fraction of sp³-hybridized carbons (Fsp3) is 0.857. The van der Waals surface area contributed by atoms with Gasteiger partial charge in [0.2, 0.25) is 0 Å². The van der Waals surface area contributed by atoms with E-state index in [-0.39, 0.29) is 12.4 Å². The van der Waals surface area contributed by atoms with Crippen molar-refractivity contribution >= 4 is 21.7 Å². The van der Waals surface area contributed by atoms with Crippen LogP contribution in [0.1, 0.15) is 71.1 Å². The molecule has 0 aromatic rings. The molecule has 0 atom stereocenters. The topological polar surface area (TPSA) is 0 Å². The maximum Gasteiger partial charge on any atom is -1.00 e. The summed E-state index contributed by atoms with van der Waals surface area (Å²) in [5, 5.41) is 0. The Hall–Kier alpha value is 0.796. The third-order valence-corrected chi connectivity index (χ3v) is 3.17. The Morgan fingerprint density at radius 1 is 0.750 bits per heavy atom. The molecule has 16 heavy (non-hydrogen) atoms. The zero-order valence-electron chi connectivity index (χ0n) is 11.0. The maximum atomic E-state index is 2.37. The first-order chi connectivity index (χ1) is 7.41. The summed E-state index contributed by atoms with van der Waals surface area (Å²) in [4.78, 5) is 0. The average Bonchev–Trinajstić information content (AvgIpc) is 2.26. The van der Waals surface area contributed by atoms with Crippen LogP contribution in [0.15, 0.2) is 12.2 Å². The first-order valence-corrected chi connectivity index (χ1v) is 7.86. The predicted molar refractivity (Wildman–Crippen MR) is 71.5 cm³/mol. The molecule has 0 aromatic carbocycles. The molecule has 92 valence electrons. The molecule has 0 radical (unpaired) electrons. The average molecular weight is 255 g/mol. The molecule has 2 heteroatoms. The maximum absolute atomic E-state index is 2.37. The van der Waals surface area contributed by atoms with Crippen molar-refractivity contribution in [2.45, 2.75) is 75.7 Å². The normalized spacial score (nSPS) is 10.7. The molecular formula is C14H27ClMg. The van der Waals surface area contributed by atoms with E-state index >= 15 is 0 Å². The Kier molecular flexibility index (Phi) is 21.7. The molecule has 0 unspecified atom stereocenters. The summed E-state index contributed by atoms with van der Waals surface area (Å²) < 4.78 is 1.31. The van der Waals surface area contributed by atoms with Crippen molar-refractivity contribution in [1.82, 2.24) is 0 Å². The van der Waals surface area contributed by atoms with E-state index in [1.807, 2.05) is 0 Å². The van der Waals surface area contributed by atoms with E-state index in [0.717, 1.165) is 0 Å². The van der Waals surface area contributed by atoms with Gasteiger partial charge in [0.15, 0.2) is 0 Å². The summed E-state index contributed by atoms with van der Waals surface area (Å²) in [5.41, 5.74) is 0. The van der Waals surface area contributed by atoms with Crippen LogP contribution in [0.4, 0.5) is 0 Å². The van der Waals surface area contributed by atoms with Gasteiger partial charge < -0.3 is 12.4 Å². The molecule has 0 saturated carbocycles. The third-order valence-electron chi connectivity index (χ3n) is 2.76.